The molecule has 0 aliphatic heterocycles. The van der Waals surface area contributed by atoms with Crippen LogP contribution in [-0.2, 0) is 0 Å². The van der Waals surface area contributed by atoms with Crippen molar-refractivity contribution in [2.75, 3.05) is 11.9 Å². The molecule has 0 amide bonds. The third-order valence-electron chi connectivity index (χ3n) is 3.59. The molecule has 1 aliphatic carbocycles. The van der Waals surface area contributed by atoms with Crippen LogP contribution in [0.2, 0.25) is 0 Å². The fourth-order valence-electron chi connectivity index (χ4n) is 2.63. The fraction of sp³-hybridized carbons (Fsp3) is 0.500. The minimum atomic E-state index is -0.378. The second kappa shape index (κ2) is 5.83. The highest BCUT2D eigenvalue weighted by Crippen LogP contribution is 2.27. The minimum absolute atomic E-state index is 0.289. The molecule has 0 spiro atoms. The molecule has 4 heteroatoms. The van der Waals surface area contributed by atoms with Gasteiger partial charge in [0.1, 0.15) is 5.82 Å². The van der Waals surface area contributed by atoms with E-state index in [0.29, 0.717) is 23.7 Å². The summed E-state index contributed by atoms with van der Waals surface area (Å²) in [6, 6.07) is 6.62. The predicted octanol–water partition coefficient (Wildman–Crippen LogP) is 2.63. The Morgan fingerprint density at radius 3 is 2.83 bits per heavy atom. The van der Waals surface area contributed by atoms with Crippen molar-refractivity contribution in [2.45, 2.75) is 31.7 Å². The third-order valence-corrected chi connectivity index (χ3v) is 3.59. The molecule has 1 aliphatic rings. The summed E-state index contributed by atoms with van der Waals surface area (Å²) < 4.78 is 13.3. The Morgan fingerprint density at radius 1 is 1.33 bits per heavy atom. The van der Waals surface area contributed by atoms with Gasteiger partial charge in [0.25, 0.3) is 0 Å². The van der Waals surface area contributed by atoms with Crippen LogP contribution in [0.4, 0.5) is 10.1 Å². The van der Waals surface area contributed by atoms with E-state index in [1.54, 1.807) is 6.07 Å². The molecule has 2 atom stereocenters. The Hall–Kier alpha value is -1.60. The first-order valence-corrected chi connectivity index (χ1v) is 6.40. The molecular weight excluding hydrogens is 229 g/mol. The molecule has 1 fully saturated rings. The number of rotatable bonds is 3. The first-order chi connectivity index (χ1) is 8.72. The zero-order valence-corrected chi connectivity index (χ0v) is 10.3. The second-order valence-corrected chi connectivity index (χ2v) is 4.87. The van der Waals surface area contributed by atoms with Gasteiger partial charge in [-0.05, 0) is 43.5 Å². The molecule has 2 rings (SSSR count). The summed E-state index contributed by atoms with van der Waals surface area (Å²) in [4.78, 5) is 0. The summed E-state index contributed by atoms with van der Waals surface area (Å²) in [7, 11) is 0. The molecule has 0 aromatic heterocycles. The summed E-state index contributed by atoms with van der Waals surface area (Å²) in [5.41, 5.74) is 6.79. The third kappa shape index (κ3) is 2.99. The number of nitrogens with two attached hydrogens (primary N) is 1. The van der Waals surface area contributed by atoms with E-state index in [2.05, 4.69) is 5.32 Å². The standard InChI is InChI=1S/C14H18FN3/c15-12-5-10(8-16)6-13(7-12)18-14-4-2-1-3-11(14)9-17/h5-7,11,14,18H,1-4,9,17H2. The predicted molar refractivity (Wildman–Crippen MR) is 69.5 cm³/mol. The summed E-state index contributed by atoms with van der Waals surface area (Å²) in [6.07, 6.45) is 4.57. The lowest BCUT2D eigenvalue weighted by molar-refractivity contribution is 0.332. The van der Waals surface area contributed by atoms with E-state index >= 15 is 0 Å². The molecule has 0 bridgehead atoms. The van der Waals surface area contributed by atoms with E-state index in [1.807, 2.05) is 6.07 Å². The average molecular weight is 247 g/mol. The van der Waals surface area contributed by atoms with E-state index in [9.17, 15) is 4.39 Å². The van der Waals surface area contributed by atoms with Crippen molar-refractivity contribution < 1.29 is 4.39 Å². The van der Waals surface area contributed by atoms with Gasteiger partial charge in [0, 0.05) is 11.7 Å². The van der Waals surface area contributed by atoms with E-state index in [4.69, 9.17) is 11.0 Å². The van der Waals surface area contributed by atoms with Gasteiger partial charge >= 0.3 is 0 Å². The van der Waals surface area contributed by atoms with Crippen molar-refractivity contribution >= 4 is 5.69 Å². The minimum Gasteiger partial charge on any atom is -0.382 e. The summed E-state index contributed by atoms with van der Waals surface area (Å²) in [5.74, 6) is 0.0595. The molecule has 1 aromatic rings. The first-order valence-electron chi connectivity index (χ1n) is 6.40. The van der Waals surface area contributed by atoms with Gasteiger partial charge in [-0.15, -0.1) is 0 Å². The van der Waals surface area contributed by atoms with E-state index in [0.717, 1.165) is 12.8 Å². The maximum atomic E-state index is 13.3. The van der Waals surface area contributed by atoms with Crippen molar-refractivity contribution in [3.05, 3.63) is 29.6 Å². The molecule has 1 saturated carbocycles. The lowest BCUT2D eigenvalue weighted by Gasteiger charge is -2.32. The molecule has 2 unspecified atom stereocenters. The number of hydrogen-bond donors (Lipinski definition) is 2. The second-order valence-electron chi connectivity index (χ2n) is 4.87. The van der Waals surface area contributed by atoms with Crippen LogP contribution in [0.5, 0.6) is 0 Å². The smallest absolute Gasteiger partial charge is 0.126 e. The van der Waals surface area contributed by atoms with Crippen LogP contribution in [0.3, 0.4) is 0 Å². The first kappa shape index (κ1) is 12.8. The van der Waals surface area contributed by atoms with Crippen molar-refractivity contribution in [3.63, 3.8) is 0 Å². The molecule has 3 N–H and O–H groups in total. The maximum absolute atomic E-state index is 13.3. The zero-order valence-electron chi connectivity index (χ0n) is 10.3. The van der Waals surface area contributed by atoms with Crippen LogP contribution >= 0.6 is 0 Å². The van der Waals surface area contributed by atoms with Gasteiger partial charge in [0.05, 0.1) is 11.6 Å². The molecule has 3 nitrogen and oxygen atoms in total. The highest BCUT2D eigenvalue weighted by Gasteiger charge is 2.23. The van der Waals surface area contributed by atoms with E-state index in [1.165, 1.54) is 25.0 Å². The summed E-state index contributed by atoms with van der Waals surface area (Å²) in [6.45, 7) is 0.651. The monoisotopic (exact) mass is 247 g/mol. The Morgan fingerprint density at radius 2 is 2.11 bits per heavy atom. The van der Waals surface area contributed by atoms with Gasteiger partial charge in [-0.25, -0.2) is 4.39 Å². The van der Waals surface area contributed by atoms with E-state index in [-0.39, 0.29) is 11.9 Å². The van der Waals surface area contributed by atoms with E-state index < -0.39 is 0 Å². The Bertz CT molecular complexity index is 453. The Kier molecular flexibility index (Phi) is 4.16. The molecule has 18 heavy (non-hydrogen) atoms. The number of nitrogens with zero attached hydrogens (tertiary/aromatic N) is 1. The van der Waals surface area contributed by atoms with Crippen molar-refractivity contribution in [1.29, 1.82) is 5.26 Å². The van der Waals surface area contributed by atoms with Crippen LogP contribution in [-0.4, -0.2) is 12.6 Å². The highest BCUT2D eigenvalue weighted by atomic mass is 19.1. The van der Waals surface area contributed by atoms with Crippen LogP contribution in [0.25, 0.3) is 0 Å². The van der Waals surface area contributed by atoms with Crippen LogP contribution in [0.1, 0.15) is 31.2 Å². The Balaban J connectivity index is 2.12. The SMILES string of the molecule is N#Cc1cc(F)cc(NC2CCCCC2CN)c1. The lowest BCUT2D eigenvalue weighted by atomic mass is 9.84. The number of hydrogen-bond acceptors (Lipinski definition) is 3. The van der Waals surface area contributed by atoms with Gasteiger partial charge in [0.2, 0.25) is 0 Å². The summed E-state index contributed by atoms with van der Waals surface area (Å²) >= 11 is 0. The Labute approximate surface area is 107 Å². The molecule has 0 heterocycles. The largest absolute Gasteiger partial charge is 0.382 e. The van der Waals surface area contributed by atoms with Gasteiger partial charge < -0.3 is 11.1 Å². The maximum Gasteiger partial charge on any atom is 0.126 e. The molecular formula is C14H18FN3. The summed E-state index contributed by atoms with van der Waals surface area (Å²) in [5, 5.41) is 12.2. The van der Waals surface area contributed by atoms with Crippen LogP contribution in [0.15, 0.2) is 18.2 Å². The number of nitriles is 1. The van der Waals surface area contributed by atoms with Gasteiger partial charge in [-0.3, -0.25) is 0 Å². The van der Waals surface area contributed by atoms with Crippen molar-refractivity contribution in [3.8, 4) is 6.07 Å². The van der Waals surface area contributed by atoms with Crippen LogP contribution in [0, 0.1) is 23.1 Å². The van der Waals surface area contributed by atoms with Gasteiger partial charge in [-0.1, -0.05) is 12.8 Å². The van der Waals surface area contributed by atoms with Crippen LogP contribution < -0.4 is 11.1 Å². The lowest BCUT2D eigenvalue weighted by Crippen LogP contribution is -2.36. The zero-order chi connectivity index (χ0) is 13.0. The molecule has 1 aromatic carbocycles. The number of benzene rings is 1. The fourth-order valence-corrected chi connectivity index (χ4v) is 2.63. The average Bonchev–Trinajstić information content (AvgIpc) is 2.38. The normalized spacial score (nSPS) is 23.4. The number of halogens is 1. The molecule has 96 valence electrons. The quantitative estimate of drug-likeness (QED) is 0.863. The number of anilines is 1. The molecule has 0 radical (unpaired) electrons. The van der Waals surface area contributed by atoms with Gasteiger partial charge in [-0.2, -0.15) is 5.26 Å². The van der Waals surface area contributed by atoms with Crippen molar-refractivity contribution in [2.24, 2.45) is 11.7 Å². The number of nitrogens with one attached hydrogen (secondary N) is 1. The molecule has 0 saturated heterocycles. The van der Waals surface area contributed by atoms with Gasteiger partial charge in [0.15, 0.2) is 0 Å². The topological polar surface area (TPSA) is 61.8 Å². The van der Waals surface area contributed by atoms with Crippen molar-refractivity contribution in [1.82, 2.24) is 0 Å². The highest BCUT2D eigenvalue weighted by molar-refractivity contribution is 5.50.